The van der Waals surface area contributed by atoms with Crippen molar-refractivity contribution in [1.82, 2.24) is 10.2 Å². The van der Waals surface area contributed by atoms with Crippen molar-refractivity contribution in [1.29, 1.82) is 0 Å². The zero-order chi connectivity index (χ0) is 17.9. The van der Waals surface area contributed by atoms with E-state index in [9.17, 15) is 4.79 Å². The van der Waals surface area contributed by atoms with Gasteiger partial charge in [-0.3, -0.25) is 9.69 Å². The van der Waals surface area contributed by atoms with Crippen molar-refractivity contribution in [2.24, 2.45) is 5.41 Å². The van der Waals surface area contributed by atoms with Crippen LogP contribution in [0.15, 0.2) is 40.9 Å². The third kappa shape index (κ3) is 4.05. The Kier molecular flexibility index (Phi) is 5.77. The van der Waals surface area contributed by atoms with E-state index in [2.05, 4.69) is 69.5 Å². The molecule has 134 valence electrons. The van der Waals surface area contributed by atoms with Crippen LogP contribution in [0.5, 0.6) is 0 Å². The lowest BCUT2D eigenvalue weighted by atomic mass is 9.89. The Balaban J connectivity index is 1.67. The molecule has 3 rings (SSSR count). The summed E-state index contributed by atoms with van der Waals surface area (Å²) in [5.41, 5.74) is 0.944. The van der Waals surface area contributed by atoms with E-state index in [-0.39, 0.29) is 11.3 Å². The second kappa shape index (κ2) is 7.85. The molecule has 1 N–H and O–H groups in total. The van der Waals surface area contributed by atoms with E-state index < -0.39 is 0 Å². The number of nitrogens with one attached hydrogen (secondary N) is 1. The van der Waals surface area contributed by atoms with Gasteiger partial charge in [0.15, 0.2) is 0 Å². The number of carbonyl (C=O) groups excluding carboxylic acids is 1. The average Bonchev–Trinajstić information content (AvgIpc) is 3.00. The maximum absolute atomic E-state index is 12.5. The Morgan fingerprint density at radius 2 is 2.12 bits per heavy atom. The molecule has 0 radical (unpaired) electrons. The quantitative estimate of drug-likeness (QED) is 0.748. The molecule has 2 aromatic carbocycles. The second-order valence-corrected chi connectivity index (χ2v) is 7.82. The predicted octanol–water partition coefficient (Wildman–Crippen LogP) is 3.58. The van der Waals surface area contributed by atoms with Gasteiger partial charge in [-0.2, -0.15) is 0 Å². The monoisotopic (exact) mass is 404 g/mol. The molecule has 1 amide bonds. The number of nitrogens with zero attached hydrogens (tertiary/aromatic N) is 1. The number of carbonyl (C=O) groups is 1. The highest BCUT2D eigenvalue weighted by Gasteiger charge is 2.40. The summed E-state index contributed by atoms with van der Waals surface area (Å²) in [6, 6.07) is 12.7. The molecule has 2 aromatic rings. The molecule has 0 aromatic heterocycles. The number of ether oxygens (including phenoxy) is 1. The van der Waals surface area contributed by atoms with Crippen molar-refractivity contribution >= 4 is 32.6 Å². The zero-order valence-electron chi connectivity index (χ0n) is 14.8. The third-order valence-electron chi connectivity index (χ3n) is 5.03. The zero-order valence-corrected chi connectivity index (χ0v) is 16.4. The summed E-state index contributed by atoms with van der Waals surface area (Å²) in [4.78, 5) is 14.8. The minimum absolute atomic E-state index is 0.129. The molecule has 25 heavy (non-hydrogen) atoms. The van der Waals surface area contributed by atoms with E-state index >= 15 is 0 Å². The number of rotatable bonds is 6. The molecule has 1 unspecified atom stereocenters. The molecule has 4 nitrogen and oxygen atoms in total. The summed E-state index contributed by atoms with van der Waals surface area (Å²) < 4.78 is 6.16. The van der Waals surface area contributed by atoms with Crippen molar-refractivity contribution in [3.8, 4) is 0 Å². The van der Waals surface area contributed by atoms with Gasteiger partial charge in [-0.05, 0) is 52.2 Å². The van der Waals surface area contributed by atoms with Gasteiger partial charge >= 0.3 is 0 Å². The summed E-state index contributed by atoms with van der Waals surface area (Å²) >= 11 is 3.77. The highest BCUT2D eigenvalue weighted by Crippen LogP contribution is 2.33. The maximum atomic E-state index is 12.5. The Labute approximate surface area is 157 Å². The third-order valence-corrected chi connectivity index (χ3v) is 5.97. The van der Waals surface area contributed by atoms with Crippen LogP contribution in [0.3, 0.4) is 0 Å². The van der Waals surface area contributed by atoms with Crippen molar-refractivity contribution in [3.05, 3.63) is 46.4 Å². The van der Waals surface area contributed by atoms with Crippen molar-refractivity contribution in [2.75, 3.05) is 33.4 Å². The van der Waals surface area contributed by atoms with Gasteiger partial charge in [0.1, 0.15) is 0 Å². The van der Waals surface area contributed by atoms with Crippen LogP contribution in [0.1, 0.15) is 18.9 Å². The molecule has 1 atom stereocenters. The number of amides is 1. The summed E-state index contributed by atoms with van der Waals surface area (Å²) in [5.74, 6) is 0.129. The minimum Gasteiger partial charge on any atom is -0.383 e. The number of fused-ring (bicyclic) bond motifs is 1. The largest absolute Gasteiger partial charge is 0.383 e. The van der Waals surface area contributed by atoms with Crippen LogP contribution in [0, 0.1) is 5.41 Å². The fourth-order valence-corrected chi connectivity index (χ4v) is 4.12. The SMILES string of the molecule is COCCNC(=O)C1(C)CCN(Cc2ccc3ccccc3c2Br)C1. The summed E-state index contributed by atoms with van der Waals surface area (Å²) in [7, 11) is 1.65. The van der Waals surface area contributed by atoms with Gasteiger partial charge in [-0.1, -0.05) is 36.4 Å². The van der Waals surface area contributed by atoms with E-state index in [1.165, 1.54) is 16.3 Å². The fraction of sp³-hybridized carbons (Fsp3) is 0.450. The van der Waals surface area contributed by atoms with Gasteiger partial charge in [0.05, 0.1) is 12.0 Å². The Bertz CT molecular complexity index is 764. The van der Waals surface area contributed by atoms with Crippen LogP contribution in [0.2, 0.25) is 0 Å². The fourth-order valence-electron chi connectivity index (χ4n) is 3.50. The van der Waals surface area contributed by atoms with E-state index in [0.717, 1.165) is 30.5 Å². The number of benzene rings is 2. The molecule has 0 bridgehead atoms. The van der Waals surface area contributed by atoms with Crippen LogP contribution >= 0.6 is 15.9 Å². The van der Waals surface area contributed by atoms with Crippen LogP contribution in [0.4, 0.5) is 0 Å². The normalized spacial score (nSPS) is 20.9. The van der Waals surface area contributed by atoms with E-state index in [4.69, 9.17) is 4.74 Å². The molecular formula is C20H25BrN2O2. The Morgan fingerprint density at radius 3 is 2.92 bits per heavy atom. The van der Waals surface area contributed by atoms with Crippen molar-refractivity contribution in [3.63, 3.8) is 0 Å². The summed E-state index contributed by atoms with van der Waals surface area (Å²) in [5, 5.41) is 5.46. The smallest absolute Gasteiger partial charge is 0.227 e. The molecule has 1 aliphatic rings. The van der Waals surface area contributed by atoms with Gasteiger partial charge in [0.25, 0.3) is 0 Å². The van der Waals surface area contributed by atoms with E-state index in [0.29, 0.717) is 13.2 Å². The lowest BCUT2D eigenvalue weighted by molar-refractivity contribution is -0.129. The van der Waals surface area contributed by atoms with E-state index in [1.807, 2.05) is 0 Å². The number of hydrogen-bond donors (Lipinski definition) is 1. The Morgan fingerprint density at radius 1 is 1.32 bits per heavy atom. The summed E-state index contributed by atoms with van der Waals surface area (Å²) in [6.45, 7) is 5.76. The first-order valence-electron chi connectivity index (χ1n) is 8.69. The van der Waals surface area contributed by atoms with Crippen molar-refractivity contribution in [2.45, 2.75) is 19.9 Å². The van der Waals surface area contributed by atoms with Crippen LogP contribution in [0.25, 0.3) is 10.8 Å². The molecule has 1 saturated heterocycles. The highest BCUT2D eigenvalue weighted by atomic mass is 79.9. The highest BCUT2D eigenvalue weighted by molar-refractivity contribution is 9.10. The van der Waals surface area contributed by atoms with Crippen LogP contribution < -0.4 is 5.32 Å². The molecular weight excluding hydrogens is 380 g/mol. The molecule has 1 aliphatic heterocycles. The van der Waals surface area contributed by atoms with Gasteiger partial charge in [0.2, 0.25) is 5.91 Å². The van der Waals surface area contributed by atoms with Gasteiger partial charge in [-0.15, -0.1) is 0 Å². The molecule has 1 fully saturated rings. The molecule has 0 aliphatic carbocycles. The Hall–Kier alpha value is -1.43. The molecule has 0 saturated carbocycles. The predicted molar refractivity (Wildman–Crippen MR) is 105 cm³/mol. The van der Waals surface area contributed by atoms with Crippen molar-refractivity contribution < 1.29 is 9.53 Å². The van der Waals surface area contributed by atoms with Gasteiger partial charge < -0.3 is 10.1 Å². The first-order chi connectivity index (χ1) is 12.0. The standard InChI is InChI=1S/C20H25BrN2O2/c1-20(19(24)22-10-12-25-2)9-11-23(14-20)13-16-8-7-15-5-3-4-6-17(15)18(16)21/h3-8H,9-14H2,1-2H3,(H,22,24). The number of hydrogen-bond acceptors (Lipinski definition) is 3. The first-order valence-corrected chi connectivity index (χ1v) is 9.48. The maximum Gasteiger partial charge on any atom is 0.227 e. The van der Waals surface area contributed by atoms with Gasteiger partial charge in [0, 0.05) is 31.2 Å². The molecule has 0 spiro atoms. The molecule has 5 heteroatoms. The second-order valence-electron chi connectivity index (χ2n) is 7.03. The van der Waals surface area contributed by atoms with Gasteiger partial charge in [-0.25, -0.2) is 0 Å². The minimum atomic E-state index is -0.322. The van der Waals surface area contributed by atoms with Crippen LogP contribution in [-0.4, -0.2) is 44.2 Å². The van der Waals surface area contributed by atoms with E-state index in [1.54, 1.807) is 7.11 Å². The van der Waals surface area contributed by atoms with Crippen LogP contribution in [-0.2, 0) is 16.1 Å². The first kappa shape index (κ1) is 18.4. The molecule has 1 heterocycles. The topological polar surface area (TPSA) is 41.6 Å². The average molecular weight is 405 g/mol. The number of halogens is 1. The summed E-state index contributed by atoms with van der Waals surface area (Å²) in [6.07, 6.45) is 0.886. The lowest BCUT2D eigenvalue weighted by Gasteiger charge is -2.24. The number of likely N-dealkylation sites (tertiary alicyclic amines) is 1. The lowest BCUT2D eigenvalue weighted by Crippen LogP contribution is -2.42. The number of methoxy groups -OCH3 is 1.